The zero-order valence-electron chi connectivity index (χ0n) is 36.9. The van der Waals surface area contributed by atoms with Gasteiger partial charge in [-0.05, 0) is 157 Å². The molecule has 12 rings (SSSR count). The van der Waals surface area contributed by atoms with Gasteiger partial charge in [-0.3, -0.25) is 0 Å². The van der Waals surface area contributed by atoms with Gasteiger partial charge >= 0.3 is 0 Å². The van der Waals surface area contributed by atoms with E-state index in [0.29, 0.717) is 17.8 Å². The lowest BCUT2D eigenvalue weighted by Crippen LogP contribution is -2.08. The summed E-state index contributed by atoms with van der Waals surface area (Å²) < 4.78 is 11.4. The molecule has 64 heavy (non-hydrogen) atoms. The molecule has 3 heterocycles. The summed E-state index contributed by atoms with van der Waals surface area (Å²) in [5.41, 5.74) is 19.6. The molecule has 310 valence electrons. The molecule has 3 heteroatoms. The Hall–Kier alpha value is -7.36. The molecule has 0 saturated heterocycles. The van der Waals surface area contributed by atoms with E-state index in [1.54, 1.807) is 0 Å². The predicted octanol–water partition coefficient (Wildman–Crippen LogP) is 16.6. The molecular weight excluding hydrogens is 777 g/mol. The second-order valence-corrected chi connectivity index (χ2v) is 18.3. The molecule has 3 unspecified atom stereocenters. The van der Waals surface area contributed by atoms with Crippen molar-refractivity contribution in [2.24, 2.45) is 5.92 Å². The number of furan rings is 1. The number of aromatic nitrogens is 2. The van der Waals surface area contributed by atoms with Gasteiger partial charge in [0.25, 0.3) is 0 Å². The minimum Gasteiger partial charge on any atom is -0.456 e. The number of hydrogen-bond donors (Lipinski definition) is 0. The summed E-state index contributed by atoms with van der Waals surface area (Å²) in [4.78, 5) is 0. The van der Waals surface area contributed by atoms with E-state index in [4.69, 9.17) is 4.42 Å². The summed E-state index contributed by atoms with van der Waals surface area (Å²) in [6.45, 7) is 13.0. The zero-order valence-corrected chi connectivity index (χ0v) is 36.9. The van der Waals surface area contributed by atoms with Crippen molar-refractivity contribution in [1.29, 1.82) is 0 Å². The largest absolute Gasteiger partial charge is 0.456 e. The summed E-state index contributed by atoms with van der Waals surface area (Å²) in [5.74, 6) is 1.42. The highest BCUT2D eigenvalue weighted by Crippen LogP contribution is 2.49. The summed E-state index contributed by atoms with van der Waals surface area (Å²) >= 11 is 0. The van der Waals surface area contributed by atoms with E-state index >= 15 is 0 Å². The molecule has 1 aliphatic rings. The lowest BCUT2D eigenvalue weighted by molar-refractivity contribution is 0.441. The third kappa shape index (κ3) is 5.94. The molecule has 3 aromatic heterocycles. The maximum absolute atomic E-state index is 6.52. The number of benzene rings is 8. The number of hydrogen-bond acceptors (Lipinski definition) is 1. The number of allylic oxidation sites excluding steroid dienone is 3. The fraction of sp³-hybridized carbons (Fsp3) is 0.148. The van der Waals surface area contributed by atoms with E-state index in [0.717, 1.165) is 46.2 Å². The van der Waals surface area contributed by atoms with E-state index in [1.807, 2.05) is 6.08 Å². The number of nitrogens with zero attached hydrogens (tertiary/aromatic N) is 2. The molecule has 0 fully saturated rings. The Bertz CT molecular complexity index is 3640. The van der Waals surface area contributed by atoms with Gasteiger partial charge in [-0.2, -0.15) is 0 Å². The monoisotopic (exact) mass is 826 g/mol. The highest BCUT2D eigenvalue weighted by molar-refractivity contribution is 6.13. The number of aryl methyl sites for hydroxylation is 4. The number of para-hydroxylation sites is 2. The quantitative estimate of drug-likeness (QED) is 0.140. The van der Waals surface area contributed by atoms with Crippen LogP contribution in [0, 0.1) is 26.7 Å². The number of rotatable bonds is 8. The second kappa shape index (κ2) is 14.9. The molecule has 11 aromatic rings. The predicted molar refractivity (Wildman–Crippen MR) is 271 cm³/mol. The molecule has 0 N–H and O–H groups in total. The zero-order chi connectivity index (χ0) is 43.2. The fourth-order valence-electron chi connectivity index (χ4n) is 11.7. The SMILES string of the molecule is C=C/C=C\C1c2ccccc2C(CCc2ccc3c(c2)c2cc(-n4c5ccccc5c5ccccc54)ccc2n3-c2ccc3oc4ccc(-c5c(C)cc(C)cc5C)cc4c3c2)C1C. The topological polar surface area (TPSA) is 23.0 Å². The van der Waals surface area contributed by atoms with Crippen LogP contribution in [0.3, 0.4) is 0 Å². The van der Waals surface area contributed by atoms with Gasteiger partial charge in [0.15, 0.2) is 0 Å². The van der Waals surface area contributed by atoms with Crippen molar-refractivity contribution in [3.8, 4) is 22.5 Å². The molecule has 1 aliphatic carbocycles. The third-order valence-electron chi connectivity index (χ3n) is 14.5. The standard InChI is InChI=1S/C61H50N2O/c1-6-7-14-45-40(5)46(48-16-9-8-15-47(45)48)26-21-41-22-27-57-51(33-41)52-35-43(62-55-19-12-10-17-49(55)50-18-11-13-20-56(50)62)24-28-58(52)63(57)44-25-30-60-54(36-44)53-34-42(23-29-59(53)64-60)61-38(3)31-37(2)32-39(61)4/h6-20,22-25,27-36,40,45-46H,1,21,26H2,2-5H3/b14-7-. The van der Waals surface area contributed by atoms with Crippen molar-refractivity contribution < 1.29 is 4.42 Å². The average molecular weight is 827 g/mol. The summed E-state index contributed by atoms with van der Waals surface area (Å²) in [6, 6.07) is 58.9. The van der Waals surface area contributed by atoms with Crippen LogP contribution >= 0.6 is 0 Å². The van der Waals surface area contributed by atoms with Crippen LogP contribution in [0.4, 0.5) is 0 Å². The fourth-order valence-corrected chi connectivity index (χ4v) is 11.7. The van der Waals surface area contributed by atoms with Crippen LogP contribution in [0.25, 0.3) is 88.1 Å². The van der Waals surface area contributed by atoms with Crippen molar-refractivity contribution in [3.63, 3.8) is 0 Å². The van der Waals surface area contributed by atoms with Gasteiger partial charge in [-0.1, -0.05) is 122 Å². The van der Waals surface area contributed by atoms with Crippen LogP contribution in [-0.2, 0) is 6.42 Å². The molecule has 0 amide bonds. The highest BCUT2D eigenvalue weighted by Gasteiger charge is 2.35. The van der Waals surface area contributed by atoms with Crippen LogP contribution in [0.5, 0.6) is 0 Å². The first kappa shape index (κ1) is 38.3. The van der Waals surface area contributed by atoms with Crippen molar-refractivity contribution in [2.45, 2.75) is 52.4 Å². The van der Waals surface area contributed by atoms with Gasteiger partial charge in [0.1, 0.15) is 11.2 Å². The van der Waals surface area contributed by atoms with Gasteiger partial charge in [0, 0.05) is 49.6 Å². The normalized spacial score (nSPS) is 16.4. The van der Waals surface area contributed by atoms with Gasteiger partial charge in [-0.25, -0.2) is 0 Å². The minimum absolute atomic E-state index is 0.408. The van der Waals surface area contributed by atoms with Crippen LogP contribution < -0.4 is 0 Å². The molecule has 0 spiro atoms. The molecular formula is C61H50N2O. The molecule has 0 saturated carbocycles. The van der Waals surface area contributed by atoms with Gasteiger partial charge in [0.2, 0.25) is 0 Å². The maximum atomic E-state index is 6.52. The second-order valence-electron chi connectivity index (χ2n) is 18.3. The lowest BCUT2D eigenvalue weighted by Gasteiger charge is -2.20. The van der Waals surface area contributed by atoms with Crippen LogP contribution in [0.1, 0.15) is 58.6 Å². The van der Waals surface area contributed by atoms with Crippen molar-refractivity contribution in [1.82, 2.24) is 9.13 Å². The summed E-state index contributed by atoms with van der Waals surface area (Å²) in [6.07, 6.45) is 8.47. The first-order chi connectivity index (χ1) is 31.3. The van der Waals surface area contributed by atoms with Crippen LogP contribution in [-0.4, -0.2) is 9.13 Å². The minimum atomic E-state index is 0.408. The van der Waals surface area contributed by atoms with Crippen LogP contribution in [0.15, 0.2) is 187 Å². The Morgan fingerprint density at radius 2 is 1.11 bits per heavy atom. The summed E-state index contributed by atoms with van der Waals surface area (Å²) in [5, 5.41) is 7.31. The molecule has 3 atom stereocenters. The van der Waals surface area contributed by atoms with Gasteiger partial charge in [0.05, 0.1) is 22.1 Å². The molecule has 0 radical (unpaired) electrons. The van der Waals surface area contributed by atoms with Gasteiger partial charge in [-0.15, -0.1) is 0 Å². The van der Waals surface area contributed by atoms with E-state index in [2.05, 4.69) is 213 Å². The van der Waals surface area contributed by atoms with Crippen molar-refractivity contribution in [3.05, 3.63) is 216 Å². The Morgan fingerprint density at radius 1 is 0.547 bits per heavy atom. The van der Waals surface area contributed by atoms with Crippen molar-refractivity contribution >= 4 is 65.6 Å². The van der Waals surface area contributed by atoms with Crippen LogP contribution in [0.2, 0.25) is 0 Å². The Kier molecular flexibility index (Phi) is 8.91. The van der Waals surface area contributed by atoms with E-state index in [9.17, 15) is 0 Å². The molecule has 0 bridgehead atoms. The van der Waals surface area contributed by atoms with E-state index in [1.165, 1.54) is 88.1 Å². The smallest absolute Gasteiger partial charge is 0.135 e. The third-order valence-corrected chi connectivity index (χ3v) is 14.5. The lowest BCUT2D eigenvalue weighted by atomic mass is 9.84. The average Bonchev–Trinajstić information content (AvgIpc) is 4.02. The number of fused-ring (bicyclic) bond motifs is 10. The highest BCUT2D eigenvalue weighted by atomic mass is 16.3. The maximum Gasteiger partial charge on any atom is 0.135 e. The first-order valence-corrected chi connectivity index (χ1v) is 22.8. The van der Waals surface area contributed by atoms with E-state index < -0.39 is 0 Å². The Morgan fingerprint density at radius 3 is 1.81 bits per heavy atom. The molecule has 0 aliphatic heterocycles. The van der Waals surface area contributed by atoms with Gasteiger partial charge < -0.3 is 13.6 Å². The molecule has 3 nitrogen and oxygen atoms in total. The van der Waals surface area contributed by atoms with E-state index in [-0.39, 0.29) is 0 Å². The molecule has 8 aromatic carbocycles. The Labute approximate surface area is 374 Å². The summed E-state index contributed by atoms with van der Waals surface area (Å²) in [7, 11) is 0. The first-order valence-electron chi connectivity index (χ1n) is 22.8. The van der Waals surface area contributed by atoms with Crippen molar-refractivity contribution in [2.75, 3.05) is 0 Å². The Balaban J connectivity index is 1.02.